The number of carbonyl (C=O) groups is 2. The molecule has 1 aromatic rings. The maximum Gasteiger partial charge on any atom is 0.307 e. The normalized spacial score (nSPS) is 10.0. The van der Waals surface area contributed by atoms with Gasteiger partial charge >= 0.3 is 5.97 Å². The van der Waals surface area contributed by atoms with Crippen molar-refractivity contribution in [3.05, 3.63) is 28.5 Å². The van der Waals surface area contributed by atoms with E-state index in [-0.39, 0.29) is 24.8 Å². The number of aromatic nitrogens is 1. The van der Waals surface area contributed by atoms with E-state index in [9.17, 15) is 9.59 Å². The van der Waals surface area contributed by atoms with Crippen molar-refractivity contribution >= 4 is 23.5 Å². The number of halogens is 1. The Labute approximate surface area is 111 Å². The van der Waals surface area contributed by atoms with Gasteiger partial charge in [0.05, 0.1) is 24.1 Å². The summed E-state index contributed by atoms with van der Waals surface area (Å²) >= 11 is 5.98. The van der Waals surface area contributed by atoms with Crippen LogP contribution in [0.15, 0.2) is 12.3 Å². The van der Waals surface area contributed by atoms with Gasteiger partial charge in [-0.3, -0.25) is 14.6 Å². The highest BCUT2D eigenvalue weighted by Gasteiger charge is 2.16. The van der Waals surface area contributed by atoms with E-state index >= 15 is 0 Å². The third-order valence-electron chi connectivity index (χ3n) is 2.45. The zero-order valence-corrected chi connectivity index (χ0v) is 11.3. The average molecular weight is 271 g/mol. The van der Waals surface area contributed by atoms with Crippen molar-refractivity contribution in [2.75, 3.05) is 20.7 Å². The molecule has 1 heterocycles. The number of hydrogen-bond donors (Lipinski definition) is 0. The molecule has 1 aromatic heterocycles. The molecule has 1 amide bonds. The summed E-state index contributed by atoms with van der Waals surface area (Å²) in [5.41, 5.74) is 1.07. The first kappa shape index (κ1) is 14.4. The van der Waals surface area contributed by atoms with Crippen LogP contribution in [0.3, 0.4) is 0 Å². The van der Waals surface area contributed by atoms with Gasteiger partial charge in [-0.25, -0.2) is 0 Å². The Balaban J connectivity index is 2.71. The number of carbonyl (C=O) groups excluding carboxylic acids is 2. The number of nitrogens with zero attached hydrogens (tertiary/aromatic N) is 2. The first-order valence-corrected chi connectivity index (χ1v) is 5.78. The third-order valence-corrected chi connectivity index (χ3v) is 2.76. The summed E-state index contributed by atoms with van der Waals surface area (Å²) in [7, 11) is 2.91. The summed E-state index contributed by atoms with van der Waals surface area (Å²) < 4.78 is 4.51. The van der Waals surface area contributed by atoms with Crippen LogP contribution in [0, 0.1) is 6.92 Å². The molecule has 0 spiro atoms. The molecule has 0 saturated heterocycles. The second-order valence-electron chi connectivity index (χ2n) is 3.86. The number of hydrogen-bond acceptors (Lipinski definition) is 4. The van der Waals surface area contributed by atoms with E-state index in [0.29, 0.717) is 10.6 Å². The predicted molar refractivity (Wildman–Crippen MR) is 67.6 cm³/mol. The topological polar surface area (TPSA) is 59.5 Å². The molecule has 18 heavy (non-hydrogen) atoms. The number of rotatable bonds is 4. The van der Waals surface area contributed by atoms with Crippen LogP contribution in [0.25, 0.3) is 0 Å². The molecular formula is C12H15ClN2O3. The maximum absolute atomic E-state index is 12.0. The maximum atomic E-state index is 12.0. The number of aryl methyl sites for hydroxylation is 1. The Morgan fingerprint density at radius 2 is 2.17 bits per heavy atom. The summed E-state index contributed by atoms with van der Waals surface area (Å²) in [6.45, 7) is 2.07. The van der Waals surface area contributed by atoms with Gasteiger partial charge in [-0.15, -0.1) is 0 Å². The lowest BCUT2D eigenvalue weighted by atomic mass is 10.2. The molecule has 6 heteroatoms. The predicted octanol–water partition coefficient (Wildman–Crippen LogP) is 1.68. The average Bonchev–Trinajstić information content (AvgIpc) is 2.34. The summed E-state index contributed by atoms with van der Waals surface area (Å²) in [5.74, 6) is -0.626. The van der Waals surface area contributed by atoms with Crippen LogP contribution in [0.1, 0.15) is 22.5 Å². The summed E-state index contributed by atoms with van der Waals surface area (Å²) in [4.78, 5) is 28.5. The zero-order valence-electron chi connectivity index (χ0n) is 10.6. The van der Waals surface area contributed by atoms with Crippen LogP contribution in [-0.2, 0) is 9.53 Å². The Hall–Kier alpha value is -1.62. The molecule has 0 saturated carbocycles. The standard InChI is InChI=1S/C12H15ClN2O3/c1-8-6-10(13)9(7-14-8)12(17)15(2)5-4-11(16)18-3/h6-7H,4-5H2,1-3H3. The van der Waals surface area contributed by atoms with Gasteiger partial charge in [0.2, 0.25) is 0 Å². The Bertz CT molecular complexity index is 463. The number of amides is 1. The van der Waals surface area contributed by atoms with E-state index in [0.717, 1.165) is 5.69 Å². The zero-order chi connectivity index (χ0) is 13.7. The lowest BCUT2D eigenvalue weighted by Gasteiger charge is -2.17. The minimum Gasteiger partial charge on any atom is -0.469 e. The van der Waals surface area contributed by atoms with E-state index in [1.165, 1.54) is 18.2 Å². The monoisotopic (exact) mass is 270 g/mol. The number of pyridine rings is 1. The van der Waals surface area contributed by atoms with Gasteiger partial charge in [-0.05, 0) is 13.0 Å². The SMILES string of the molecule is COC(=O)CCN(C)C(=O)c1cnc(C)cc1Cl. The molecule has 0 aliphatic heterocycles. The fourth-order valence-corrected chi connectivity index (χ4v) is 1.64. The van der Waals surface area contributed by atoms with Crippen molar-refractivity contribution in [3.63, 3.8) is 0 Å². The third kappa shape index (κ3) is 3.70. The van der Waals surface area contributed by atoms with Crippen molar-refractivity contribution in [3.8, 4) is 0 Å². The van der Waals surface area contributed by atoms with E-state index < -0.39 is 0 Å². The molecule has 0 aliphatic rings. The summed E-state index contributed by atoms with van der Waals surface area (Å²) in [6, 6.07) is 1.63. The van der Waals surface area contributed by atoms with Crippen LogP contribution in [0.4, 0.5) is 0 Å². The lowest BCUT2D eigenvalue weighted by molar-refractivity contribution is -0.140. The highest BCUT2D eigenvalue weighted by atomic mass is 35.5. The Kier molecular flexibility index (Phi) is 5.09. The van der Waals surface area contributed by atoms with E-state index in [1.807, 2.05) is 0 Å². The van der Waals surface area contributed by atoms with E-state index in [4.69, 9.17) is 11.6 Å². The molecule has 0 fully saturated rings. The molecule has 0 unspecified atom stereocenters. The molecule has 5 nitrogen and oxygen atoms in total. The minimum atomic E-state index is -0.359. The Morgan fingerprint density at radius 3 is 2.72 bits per heavy atom. The number of methoxy groups -OCH3 is 1. The number of ether oxygens (including phenoxy) is 1. The van der Waals surface area contributed by atoms with E-state index in [2.05, 4.69) is 9.72 Å². The fourth-order valence-electron chi connectivity index (χ4n) is 1.35. The first-order chi connectivity index (χ1) is 8.45. The summed E-state index contributed by atoms with van der Waals surface area (Å²) in [5, 5.41) is 0.359. The van der Waals surface area contributed by atoms with Crippen molar-refractivity contribution < 1.29 is 14.3 Å². The van der Waals surface area contributed by atoms with Crippen molar-refractivity contribution in [2.45, 2.75) is 13.3 Å². The molecule has 0 aliphatic carbocycles. The molecule has 0 radical (unpaired) electrons. The molecule has 0 bridgehead atoms. The first-order valence-electron chi connectivity index (χ1n) is 5.40. The fraction of sp³-hybridized carbons (Fsp3) is 0.417. The number of esters is 1. The van der Waals surface area contributed by atoms with Crippen LogP contribution < -0.4 is 0 Å². The largest absolute Gasteiger partial charge is 0.469 e. The molecule has 0 aromatic carbocycles. The second kappa shape index (κ2) is 6.35. The molecule has 1 rings (SSSR count). The molecule has 98 valence electrons. The molecule has 0 N–H and O–H groups in total. The quantitative estimate of drug-likeness (QED) is 0.781. The Morgan fingerprint density at radius 1 is 1.50 bits per heavy atom. The van der Waals surface area contributed by atoms with Crippen molar-refractivity contribution in [1.29, 1.82) is 0 Å². The van der Waals surface area contributed by atoms with Crippen LogP contribution >= 0.6 is 11.6 Å². The minimum absolute atomic E-state index is 0.148. The smallest absolute Gasteiger partial charge is 0.307 e. The molecular weight excluding hydrogens is 256 g/mol. The van der Waals surface area contributed by atoms with Gasteiger partial charge in [0.1, 0.15) is 0 Å². The van der Waals surface area contributed by atoms with Crippen LogP contribution in [0.5, 0.6) is 0 Å². The van der Waals surface area contributed by atoms with Crippen molar-refractivity contribution in [1.82, 2.24) is 9.88 Å². The van der Waals surface area contributed by atoms with Gasteiger partial charge in [-0.1, -0.05) is 11.6 Å². The second-order valence-corrected chi connectivity index (χ2v) is 4.27. The van der Waals surface area contributed by atoms with E-state index in [1.54, 1.807) is 20.0 Å². The highest BCUT2D eigenvalue weighted by Crippen LogP contribution is 2.17. The van der Waals surface area contributed by atoms with Gasteiger partial charge < -0.3 is 9.64 Å². The van der Waals surface area contributed by atoms with Crippen LogP contribution in [-0.4, -0.2) is 42.5 Å². The lowest BCUT2D eigenvalue weighted by Crippen LogP contribution is -2.29. The van der Waals surface area contributed by atoms with Gasteiger partial charge in [-0.2, -0.15) is 0 Å². The van der Waals surface area contributed by atoms with Gasteiger partial charge in [0.15, 0.2) is 0 Å². The highest BCUT2D eigenvalue weighted by molar-refractivity contribution is 6.33. The molecule has 0 atom stereocenters. The van der Waals surface area contributed by atoms with Gasteiger partial charge in [0, 0.05) is 25.5 Å². The van der Waals surface area contributed by atoms with Gasteiger partial charge in [0.25, 0.3) is 5.91 Å². The van der Waals surface area contributed by atoms with Crippen LogP contribution in [0.2, 0.25) is 5.02 Å². The summed E-state index contributed by atoms with van der Waals surface area (Å²) in [6.07, 6.45) is 1.59. The van der Waals surface area contributed by atoms with Crippen molar-refractivity contribution in [2.24, 2.45) is 0 Å².